The normalized spacial score (nSPS) is 14.0. The van der Waals surface area contributed by atoms with E-state index in [-0.39, 0.29) is 30.0 Å². The predicted molar refractivity (Wildman–Crippen MR) is 144 cm³/mol. The van der Waals surface area contributed by atoms with Gasteiger partial charge in [0.15, 0.2) is 17.5 Å². The summed E-state index contributed by atoms with van der Waals surface area (Å²) in [7, 11) is 1.79. The van der Waals surface area contributed by atoms with Gasteiger partial charge in [-0.15, -0.1) is 24.0 Å². The predicted octanol–water partition coefficient (Wildman–Crippen LogP) is 4.90. The largest absolute Gasteiger partial charge is 0.490 e. The highest BCUT2D eigenvalue weighted by Crippen LogP contribution is 2.30. The monoisotopic (exact) mass is 550 g/mol. The van der Waals surface area contributed by atoms with Crippen molar-refractivity contribution in [2.45, 2.75) is 33.4 Å². The van der Waals surface area contributed by atoms with E-state index in [1.807, 2.05) is 26.0 Å². The fourth-order valence-corrected chi connectivity index (χ4v) is 3.56. The summed E-state index contributed by atoms with van der Waals surface area (Å²) < 4.78 is 11.4. The molecule has 1 unspecified atom stereocenters. The number of nitrogens with one attached hydrogen (secondary N) is 2. The van der Waals surface area contributed by atoms with Crippen molar-refractivity contribution >= 4 is 35.6 Å². The van der Waals surface area contributed by atoms with Crippen LogP contribution in [0.2, 0.25) is 0 Å². The molecule has 0 aromatic heterocycles. The molecule has 7 heteroatoms. The van der Waals surface area contributed by atoms with Gasteiger partial charge in [0.2, 0.25) is 0 Å². The van der Waals surface area contributed by atoms with E-state index in [9.17, 15) is 0 Å². The SMILES string of the molecule is CCOc1ccc(C(C)NC(=NC)NCc2cccc(N3CC=CC3)c2)cc1OCC.I. The molecule has 0 radical (unpaired) electrons. The standard InChI is InChI=1S/C25H34N4O2.HI/c1-5-30-23-13-12-21(17-24(23)31-6-2)19(3)28-25(26-4)27-18-20-10-9-11-22(16-20)29-14-7-8-15-29;/h7-13,16-17,19H,5-6,14-15,18H2,1-4H3,(H2,26,27,28);1H. The van der Waals surface area contributed by atoms with Crippen molar-refractivity contribution in [2.75, 3.05) is 38.3 Å². The fraction of sp³-hybridized carbons (Fsp3) is 0.400. The molecule has 2 aromatic carbocycles. The second-order valence-electron chi connectivity index (χ2n) is 7.41. The van der Waals surface area contributed by atoms with Crippen molar-refractivity contribution < 1.29 is 9.47 Å². The Morgan fingerprint density at radius 3 is 2.44 bits per heavy atom. The third-order valence-corrected chi connectivity index (χ3v) is 5.20. The van der Waals surface area contributed by atoms with E-state index in [1.54, 1.807) is 7.05 Å². The van der Waals surface area contributed by atoms with Gasteiger partial charge in [-0.05, 0) is 56.2 Å². The number of anilines is 1. The van der Waals surface area contributed by atoms with Crippen LogP contribution in [0.4, 0.5) is 5.69 Å². The van der Waals surface area contributed by atoms with E-state index >= 15 is 0 Å². The number of halogens is 1. The number of guanidine groups is 1. The summed E-state index contributed by atoms with van der Waals surface area (Å²) in [6, 6.07) is 14.8. The van der Waals surface area contributed by atoms with Gasteiger partial charge in [0.1, 0.15) is 0 Å². The molecule has 174 valence electrons. The number of aliphatic imine (C=N–C) groups is 1. The Morgan fingerprint density at radius 2 is 1.75 bits per heavy atom. The Morgan fingerprint density at radius 1 is 1.03 bits per heavy atom. The van der Waals surface area contributed by atoms with Crippen molar-refractivity contribution in [1.29, 1.82) is 0 Å². The summed E-state index contributed by atoms with van der Waals surface area (Å²) in [5.41, 5.74) is 3.58. The highest BCUT2D eigenvalue weighted by molar-refractivity contribution is 14.0. The summed E-state index contributed by atoms with van der Waals surface area (Å²) in [6.07, 6.45) is 4.41. The van der Waals surface area contributed by atoms with Crippen molar-refractivity contribution in [1.82, 2.24) is 10.6 Å². The topological polar surface area (TPSA) is 58.1 Å². The maximum absolute atomic E-state index is 5.76. The second-order valence-corrected chi connectivity index (χ2v) is 7.41. The first-order valence-corrected chi connectivity index (χ1v) is 11.0. The third-order valence-electron chi connectivity index (χ3n) is 5.20. The Labute approximate surface area is 209 Å². The molecule has 1 atom stereocenters. The number of ether oxygens (including phenoxy) is 2. The first kappa shape index (κ1) is 25.8. The van der Waals surface area contributed by atoms with E-state index in [0.29, 0.717) is 19.8 Å². The molecule has 0 aliphatic carbocycles. The van der Waals surface area contributed by atoms with Crippen molar-refractivity contribution in [3.63, 3.8) is 0 Å². The van der Waals surface area contributed by atoms with Gasteiger partial charge < -0.3 is 25.0 Å². The Bertz CT molecular complexity index is 909. The minimum Gasteiger partial charge on any atom is -0.490 e. The molecule has 1 heterocycles. The summed E-state index contributed by atoms with van der Waals surface area (Å²) in [4.78, 5) is 6.74. The average molecular weight is 550 g/mol. The van der Waals surface area contributed by atoms with Gasteiger partial charge in [-0.25, -0.2) is 0 Å². The van der Waals surface area contributed by atoms with Crippen molar-refractivity contribution in [3.8, 4) is 11.5 Å². The van der Waals surface area contributed by atoms with E-state index in [1.165, 1.54) is 11.3 Å². The van der Waals surface area contributed by atoms with Crippen LogP contribution in [0.3, 0.4) is 0 Å². The summed E-state index contributed by atoms with van der Waals surface area (Å²) in [6.45, 7) is 9.92. The smallest absolute Gasteiger partial charge is 0.191 e. The van der Waals surface area contributed by atoms with Crippen LogP contribution in [0.25, 0.3) is 0 Å². The minimum atomic E-state index is 0. The van der Waals surface area contributed by atoms with Crippen LogP contribution < -0.4 is 25.0 Å². The van der Waals surface area contributed by atoms with E-state index in [2.05, 4.69) is 69.9 Å². The molecule has 0 spiro atoms. The number of nitrogens with zero attached hydrogens (tertiary/aromatic N) is 2. The van der Waals surface area contributed by atoms with E-state index in [0.717, 1.165) is 36.1 Å². The summed E-state index contributed by atoms with van der Waals surface area (Å²) >= 11 is 0. The summed E-state index contributed by atoms with van der Waals surface area (Å²) in [5, 5.41) is 6.89. The lowest BCUT2D eigenvalue weighted by Crippen LogP contribution is -2.38. The van der Waals surface area contributed by atoms with Crippen LogP contribution >= 0.6 is 24.0 Å². The number of benzene rings is 2. The van der Waals surface area contributed by atoms with Gasteiger partial charge in [-0.3, -0.25) is 4.99 Å². The lowest BCUT2D eigenvalue weighted by molar-refractivity contribution is 0.287. The molecule has 1 aliphatic rings. The molecule has 0 bridgehead atoms. The molecule has 3 rings (SSSR count). The molecule has 2 N–H and O–H groups in total. The third kappa shape index (κ3) is 7.05. The zero-order valence-electron chi connectivity index (χ0n) is 19.4. The second kappa shape index (κ2) is 13.2. The van der Waals surface area contributed by atoms with Gasteiger partial charge >= 0.3 is 0 Å². The summed E-state index contributed by atoms with van der Waals surface area (Å²) in [5.74, 6) is 2.30. The van der Waals surface area contributed by atoms with Crippen LogP contribution in [0, 0.1) is 0 Å². The Balaban J connectivity index is 0.00000363. The van der Waals surface area contributed by atoms with Crippen LogP contribution in [0.5, 0.6) is 11.5 Å². The lowest BCUT2D eigenvalue weighted by Gasteiger charge is -2.21. The zero-order valence-corrected chi connectivity index (χ0v) is 21.8. The molecule has 0 amide bonds. The quantitative estimate of drug-likeness (QED) is 0.201. The molecule has 0 fully saturated rings. The van der Waals surface area contributed by atoms with Crippen molar-refractivity contribution in [2.24, 2.45) is 4.99 Å². The highest BCUT2D eigenvalue weighted by Gasteiger charge is 2.13. The number of hydrogen-bond donors (Lipinski definition) is 2. The molecule has 1 aliphatic heterocycles. The van der Waals surface area contributed by atoms with Crippen molar-refractivity contribution in [3.05, 3.63) is 65.7 Å². The fourth-order valence-electron chi connectivity index (χ4n) is 3.56. The van der Waals surface area contributed by atoms with Crippen LogP contribution in [-0.4, -0.2) is 39.3 Å². The number of rotatable bonds is 9. The van der Waals surface area contributed by atoms with E-state index in [4.69, 9.17) is 9.47 Å². The maximum Gasteiger partial charge on any atom is 0.191 e. The van der Waals surface area contributed by atoms with Gasteiger partial charge in [0.05, 0.1) is 19.3 Å². The van der Waals surface area contributed by atoms with E-state index < -0.39 is 0 Å². The molecule has 32 heavy (non-hydrogen) atoms. The molecule has 6 nitrogen and oxygen atoms in total. The lowest BCUT2D eigenvalue weighted by atomic mass is 10.1. The first-order valence-electron chi connectivity index (χ1n) is 11.0. The average Bonchev–Trinajstić information content (AvgIpc) is 3.33. The van der Waals surface area contributed by atoms with Crippen LogP contribution in [-0.2, 0) is 6.54 Å². The molecule has 2 aromatic rings. The van der Waals surface area contributed by atoms with Crippen LogP contribution in [0.15, 0.2) is 59.6 Å². The molecule has 0 saturated carbocycles. The first-order chi connectivity index (χ1) is 15.1. The maximum atomic E-state index is 5.76. The molecule has 0 saturated heterocycles. The Hall–Kier alpha value is -2.42. The zero-order chi connectivity index (χ0) is 22.1. The van der Waals surface area contributed by atoms with Gasteiger partial charge in [0, 0.05) is 32.4 Å². The van der Waals surface area contributed by atoms with Crippen LogP contribution in [0.1, 0.15) is 37.9 Å². The van der Waals surface area contributed by atoms with Gasteiger partial charge in [-0.2, -0.15) is 0 Å². The highest BCUT2D eigenvalue weighted by atomic mass is 127. The number of hydrogen-bond acceptors (Lipinski definition) is 4. The molecular weight excluding hydrogens is 515 g/mol. The van der Waals surface area contributed by atoms with Gasteiger partial charge in [0.25, 0.3) is 0 Å². The Kier molecular flexibility index (Phi) is 10.7. The molecular formula is C25H35IN4O2. The van der Waals surface area contributed by atoms with Gasteiger partial charge in [-0.1, -0.05) is 30.4 Å². The minimum absolute atomic E-state index is 0.